The number of carbonyl (C=O) groups is 1. The van der Waals surface area contributed by atoms with Crippen molar-refractivity contribution < 1.29 is 9.78 Å². The van der Waals surface area contributed by atoms with E-state index >= 15 is 0 Å². The van der Waals surface area contributed by atoms with Crippen LogP contribution in [-0.2, 0) is 0 Å². The van der Waals surface area contributed by atoms with E-state index in [0.29, 0.717) is 10.7 Å². The van der Waals surface area contributed by atoms with Crippen molar-refractivity contribution in [1.82, 2.24) is 0 Å². The second kappa shape index (κ2) is 6.19. The Bertz CT molecular complexity index is 712. The van der Waals surface area contributed by atoms with Gasteiger partial charge >= 0.3 is 0 Å². The summed E-state index contributed by atoms with van der Waals surface area (Å²) in [5, 5.41) is 0.634. The van der Waals surface area contributed by atoms with Gasteiger partial charge in [-0.25, -0.2) is 9.98 Å². The van der Waals surface area contributed by atoms with E-state index in [9.17, 15) is 4.79 Å². The Balaban J connectivity index is 2.47. The van der Waals surface area contributed by atoms with Crippen molar-refractivity contribution in [2.45, 2.75) is 27.7 Å². The number of ketones is 1. The molecule has 1 aromatic heterocycles. The lowest BCUT2D eigenvalue weighted by Crippen LogP contribution is -2.22. The number of halogens is 1. The Morgan fingerprint density at radius 2 is 1.81 bits per heavy atom. The van der Waals surface area contributed by atoms with Gasteiger partial charge in [-0.1, -0.05) is 17.7 Å². The van der Waals surface area contributed by atoms with Crippen molar-refractivity contribution in [3.63, 3.8) is 0 Å². The van der Waals surface area contributed by atoms with Crippen LogP contribution >= 0.6 is 11.6 Å². The normalized spacial score (nSPS) is 11.6. The zero-order chi connectivity index (χ0) is 15.6. The van der Waals surface area contributed by atoms with E-state index < -0.39 is 0 Å². The number of hydrogen-bond acceptors (Lipinski definition) is 2. The van der Waals surface area contributed by atoms with Gasteiger partial charge in [-0.05, 0) is 44.0 Å². The Hall–Kier alpha value is -2.00. The summed E-state index contributed by atoms with van der Waals surface area (Å²) < 4.78 is 0. The Morgan fingerprint density at radius 3 is 2.43 bits per heavy atom. The number of aliphatic imine (C=N–C) groups is 1. The third-order valence-electron chi connectivity index (χ3n) is 3.24. The van der Waals surface area contributed by atoms with Crippen LogP contribution in [0.5, 0.6) is 0 Å². The molecule has 1 heterocycles. The summed E-state index contributed by atoms with van der Waals surface area (Å²) in [6.45, 7) is 7.42. The number of Topliss-reactive ketones (excluding diaryl/α,β-unsaturated/α-hetero) is 1. The molecule has 0 saturated carbocycles. The number of nitrogens with one attached hydrogen (secondary N) is 1. The van der Waals surface area contributed by atoms with E-state index in [1.807, 2.05) is 45.0 Å². The van der Waals surface area contributed by atoms with E-state index in [-0.39, 0.29) is 5.78 Å². The van der Waals surface area contributed by atoms with Crippen molar-refractivity contribution in [3.8, 4) is 0 Å². The lowest BCUT2D eigenvalue weighted by molar-refractivity contribution is -0.384. The minimum Gasteiger partial charge on any atom is -0.288 e. The second-order valence-corrected chi connectivity index (χ2v) is 5.55. The van der Waals surface area contributed by atoms with Crippen LogP contribution in [0.3, 0.4) is 0 Å². The summed E-state index contributed by atoms with van der Waals surface area (Å²) in [6.07, 6.45) is 0. The van der Waals surface area contributed by atoms with Gasteiger partial charge < -0.3 is 0 Å². The predicted octanol–water partition coefficient (Wildman–Crippen LogP) is 4.11. The molecule has 0 unspecified atom stereocenters. The average molecular weight is 302 g/mol. The summed E-state index contributed by atoms with van der Waals surface area (Å²) in [7, 11) is 0. The topological polar surface area (TPSA) is 43.6 Å². The monoisotopic (exact) mass is 301 g/mol. The van der Waals surface area contributed by atoms with Gasteiger partial charge in [0.25, 0.3) is 0 Å². The zero-order valence-corrected chi connectivity index (χ0v) is 13.4. The molecule has 0 saturated heterocycles. The number of hydrogen-bond donors (Lipinski definition) is 0. The van der Waals surface area contributed by atoms with Crippen LogP contribution in [0.1, 0.15) is 41.2 Å². The first-order valence-corrected chi connectivity index (χ1v) is 7.12. The van der Waals surface area contributed by atoms with Gasteiger partial charge in [-0.15, -0.1) is 0 Å². The standard InChI is InChI=1S/C17H17ClN2O/c1-10-8-11(2)17(14(18)9-10)19-12(3)15-6-5-7-16(20-15)13(4)21/h5-9H,1-4H3/p+1. The summed E-state index contributed by atoms with van der Waals surface area (Å²) in [5.74, 6) is -0.00537. The molecule has 0 bridgehead atoms. The van der Waals surface area contributed by atoms with Crippen LogP contribution in [0.15, 0.2) is 35.3 Å². The maximum absolute atomic E-state index is 11.4. The Kier molecular flexibility index (Phi) is 4.53. The molecule has 1 N–H and O–H groups in total. The summed E-state index contributed by atoms with van der Waals surface area (Å²) >= 11 is 6.28. The molecule has 0 fully saturated rings. The molecule has 0 aliphatic carbocycles. The molecule has 108 valence electrons. The van der Waals surface area contributed by atoms with Crippen molar-refractivity contribution >= 4 is 28.8 Å². The first kappa shape index (κ1) is 15.4. The zero-order valence-electron chi connectivity index (χ0n) is 12.6. The molecule has 0 spiro atoms. The van der Waals surface area contributed by atoms with Crippen LogP contribution in [-0.4, -0.2) is 11.5 Å². The molecular formula is C17H18ClN2O+. The largest absolute Gasteiger partial charge is 0.288 e. The molecule has 21 heavy (non-hydrogen) atoms. The quantitative estimate of drug-likeness (QED) is 0.621. The molecule has 1 aromatic carbocycles. The fourth-order valence-corrected chi connectivity index (χ4v) is 2.53. The number of H-pyrrole nitrogens is 1. The van der Waals surface area contributed by atoms with E-state index in [0.717, 1.165) is 28.2 Å². The van der Waals surface area contributed by atoms with Crippen molar-refractivity contribution in [2.75, 3.05) is 0 Å². The minimum absolute atomic E-state index is 0.00537. The number of nitrogens with zero attached hydrogens (tertiary/aromatic N) is 1. The lowest BCUT2D eigenvalue weighted by atomic mass is 10.1. The van der Waals surface area contributed by atoms with Crippen molar-refractivity contribution in [1.29, 1.82) is 0 Å². The van der Waals surface area contributed by atoms with Crippen LogP contribution in [0.2, 0.25) is 5.02 Å². The highest BCUT2D eigenvalue weighted by Crippen LogP contribution is 2.30. The van der Waals surface area contributed by atoms with Gasteiger partial charge in [-0.3, -0.25) is 4.79 Å². The summed E-state index contributed by atoms with van der Waals surface area (Å²) in [6, 6.07) is 9.43. The van der Waals surface area contributed by atoms with Gasteiger partial charge in [0.2, 0.25) is 17.2 Å². The minimum atomic E-state index is -0.00537. The second-order valence-electron chi connectivity index (χ2n) is 5.14. The van der Waals surface area contributed by atoms with E-state index in [1.165, 1.54) is 6.92 Å². The van der Waals surface area contributed by atoms with E-state index in [4.69, 9.17) is 11.6 Å². The molecule has 0 atom stereocenters. The van der Waals surface area contributed by atoms with Crippen LogP contribution in [0, 0.1) is 13.8 Å². The molecular weight excluding hydrogens is 284 g/mol. The third-order valence-corrected chi connectivity index (χ3v) is 3.53. The smallest absolute Gasteiger partial charge is 0.247 e. The maximum Gasteiger partial charge on any atom is 0.247 e. The van der Waals surface area contributed by atoms with Crippen LogP contribution < -0.4 is 4.98 Å². The molecule has 0 aliphatic heterocycles. The van der Waals surface area contributed by atoms with Gasteiger partial charge in [0, 0.05) is 19.1 Å². The van der Waals surface area contributed by atoms with E-state index in [1.54, 1.807) is 6.07 Å². The molecule has 2 rings (SSSR count). The number of aromatic nitrogens is 1. The molecule has 0 radical (unpaired) electrons. The number of rotatable bonds is 3. The number of aryl methyl sites for hydroxylation is 2. The van der Waals surface area contributed by atoms with Crippen molar-refractivity contribution in [2.24, 2.45) is 4.99 Å². The Labute approximate surface area is 129 Å². The molecule has 0 amide bonds. The number of carbonyl (C=O) groups excluding carboxylic acids is 1. The predicted molar refractivity (Wildman–Crippen MR) is 85.8 cm³/mol. The fourth-order valence-electron chi connectivity index (χ4n) is 2.16. The third kappa shape index (κ3) is 3.56. The number of aromatic amines is 1. The average Bonchev–Trinajstić information content (AvgIpc) is 2.42. The molecule has 4 heteroatoms. The summed E-state index contributed by atoms with van der Waals surface area (Å²) in [4.78, 5) is 19.1. The van der Waals surface area contributed by atoms with Crippen molar-refractivity contribution in [3.05, 3.63) is 57.9 Å². The lowest BCUT2D eigenvalue weighted by Gasteiger charge is -2.06. The maximum atomic E-state index is 11.4. The molecule has 0 aliphatic rings. The molecule has 2 aromatic rings. The van der Waals surface area contributed by atoms with Gasteiger partial charge in [0.05, 0.1) is 10.7 Å². The van der Waals surface area contributed by atoms with Gasteiger partial charge in [0.1, 0.15) is 5.71 Å². The first-order valence-electron chi connectivity index (χ1n) is 6.74. The van der Waals surface area contributed by atoms with Gasteiger partial charge in [-0.2, -0.15) is 0 Å². The fraction of sp³-hybridized carbons (Fsp3) is 0.235. The van der Waals surface area contributed by atoms with Gasteiger partial charge in [0.15, 0.2) is 0 Å². The Morgan fingerprint density at radius 1 is 1.14 bits per heavy atom. The first-order chi connectivity index (χ1) is 9.88. The number of benzene rings is 1. The summed E-state index contributed by atoms with van der Waals surface area (Å²) in [5.41, 5.74) is 5.06. The molecule has 3 nitrogen and oxygen atoms in total. The highest BCUT2D eigenvalue weighted by Gasteiger charge is 2.13. The van der Waals surface area contributed by atoms with Crippen LogP contribution in [0.25, 0.3) is 0 Å². The number of pyridine rings is 1. The van der Waals surface area contributed by atoms with Crippen LogP contribution in [0.4, 0.5) is 5.69 Å². The van der Waals surface area contributed by atoms with E-state index in [2.05, 4.69) is 9.98 Å². The SMILES string of the molecule is CC(=O)c1cccc(C(C)=Nc2c(C)cc(C)cc2Cl)[nH+]1. The highest BCUT2D eigenvalue weighted by atomic mass is 35.5. The highest BCUT2D eigenvalue weighted by molar-refractivity contribution is 6.33.